The molecule has 1 aliphatic heterocycles. The van der Waals surface area contributed by atoms with Crippen LogP contribution in [-0.4, -0.2) is 25.8 Å². The van der Waals surface area contributed by atoms with Crippen LogP contribution in [0.15, 0.2) is 29.2 Å². The molecule has 0 atom stereocenters. The molecular weight excluding hydrogens is 294 g/mol. The van der Waals surface area contributed by atoms with E-state index in [9.17, 15) is 8.42 Å². The molecule has 1 aliphatic rings. The second kappa shape index (κ2) is 6.92. The van der Waals surface area contributed by atoms with Gasteiger partial charge < -0.3 is 0 Å². The van der Waals surface area contributed by atoms with Gasteiger partial charge in [0.2, 0.25) is 10.0 Å². The molecule has 0 aromatic heterocycles. The van der Waals surface area contributed by atoms with Crippen LogP contribution in [0.3, 0.4) is 0 Å². The van der Waals surface area contributed by atoms with E-state index in [0.717, 1.165) is 18.4 Å². The van der Waals surface area contributed by atoms with Crippen molar-refractivity contribution in [2.75, 3.05) is 13.1 Å². The summed E-state index contributed by atoms with van der Waals surface area (Å²) in [6.45, 7) is 3.46. The maximum absolute atomic E-state index is 12.6. The van der Waals surface area contributed by atoms with Crippen molar-refractivity contribution in [2.24, 2.45) is 5.92 Å². The van der Waals surface area contributed by atoms with Crippen molar-refractivity contribution in [3.8, 4) is 0 Å². The van der Waals surface area contributed by atoms with Gasteiger partial charge in [-0.15, -0.1) is 11.6 Å². The zero-order valence-electron chi connectivity index (χ0n) is 11.9. The van der Waals surface area contributed by atoms with Crippen LogP contribution in [0.1, 0.15) is 38.2 Å². The lowest BCUT2D eigenvalue weighted by Gasteiger charge is -2.31. The maximum atomic E-state index is 12.6. The van der Waals surface area contributed by atoms with Gasteiger partial charge in [0.1, 0.15) is 0 Å². The van der Waals surface area contributed by atoms with Crippen molar-refractivity contribution in [2.45, 2.75) is 43.4 Å². The number of halogens is 1. The van der Waals surface area contributed by atoms with Crippen LogP contribution in [0.2, 0.25) is 0 Å². The first kappa shape index (κ1) is 15.8. The average Bonchev–Trinajstić information content (AvgIpc) is 2.48. The van der Waals surface area contributed by atoms with Gasteiger partial charge in [-0.1, -0.05) is 31.9 Å². The summed E-state index contributed by atoms with van der Waals surface area (Å²) in [4.78, 5) is 0.365. The Hall–Kier alpha value is -0.580. The average molecular weight is 316 g/mol. The predicted molar refractivity (Wildman–Crippen MR) is 82.4 cm³/mol. The van der Waals surface area contributed by atoms with Gasteiger partial charge in [-0.2, -0.15) is 4.31 Å². The van der Waals surface area contributed by atoms with Crippen LogP contribution in [0.5, 0.6) is 0 Å². The van der Waals surface area contributed by atoms with E-state index >= 15 is 0 Å². The van der Waals surface area contributed by atoms with Crippen molar-refractivity contribution in [1.82, 2.24) is 4.31 Å². The highest BCUT2D eigenvalue weighted by atomic mass is 35.5. The van der Waals surface area contributed by atoms with E-state index in [4.69, 9.17) is 11.6 Å². The molecular formula is C15H22ClNO2S. The zero-order valence-corrected chi connectivity index (χ0v) is 13.5. The molecule has 2 rings (SSSR count). The minimum absolute atomic E-state index is 0.335. The third kappa shape index (κ3) is 3.54. The summed E-state index contributed by atoms with van der Waals surface area (Å²) >= 11 is 5.78. The topological polar surface area (TPSA) is 37.4 Å². The Bertz CT molecular complexity index is 537. The van der Waals surface area contributed by atoms with Crippen molar-refractivity contribution in [3.05, 3.63) is 29.8 Å². The van der Waals surface area contributed by atoms with E-state index in [2.05, 4.69) is 6.92 Å². The predicted octanol–water partition coefficient (Wildman–Crippen LogP) is 3.63. The first-order valence-corrected chi connectivity index (χ1v) is 9.20. The van der Waals surface area contributed by atoms with Crippen molar-refractivity contribution in [1.29, 1.82) is 0 Å². The van der Waals surface area contributed by atoms with Crippen molar-refractivity contribution in [3.63, 3.8) is 0 Å². The molecule has 3 nitrogen and oxygen atoms in total. The van der Waals surface area contributed by atoms with E-state index in [1.54, 1.807) is 22.5 Å². The second-order valence-corrected chi connectivity index (χ2v) is 7.62. The number of hydrogen-bond acceptors (Lipinski definition) is 2. The van der Waals surface area contributed by atoms with Gasteiger partial charge in [0.25, 0.3) is 0 Å². The molecule has 1 aromatic rings. The number of sulfonamides is 1. The zero-order chi connectivity index (χ0) is 14.6. The van der Waals surface area contributed by atoms with Crippen molar-refractivity contribution >= 4 is 21.6 Å². The Morgan fingerprint density at radius 1 is 1.30 bits per heavy atom. The van der Waals surface area contributed by atoms with E-state index in [1.165, 1.54) is 12.8 Å². The Morgan fingerprint density at radius 2 is 2.00 bits per heavy atom. The van der Waals surface area contributed by atoms with Crippen LogP contribution in [0.25, 0.3) is 0 Å². The molecule has 0 spiro atoms. The Balaban J connectivity index is 2.11. The van der Waals surface area contributed by atoms with E-state index in [-0.39, 0.29) is 0 Å². The van der Waals surface area contributed by atoms with Crippen molar-refractivity contribution < 1.29 is 8.42 Å². The molecule has 1 aromatic carbocycles. The monoisotopic (exact) mass is 315 g/mol. The third-order valence-electron chi connectivity index (χ3n) is 3.96. The Labute approximate surface area is 127 Å². The number of alkyl halides is 1. The van der Waals surface area contributed by atoms with Crippen LogP contribution >= 0.6 is 11.6 Å². The van der Waals surface area contributed by atoms with E-state index in [0.29, 0.717) is 29.8 Å². The molecule has 0 radical (unpaired) electrons. The summed E-state index contributed by atoms with van der Waals surface area (Å²) < 4.78 is 26.8. The van der Waals surface area contributed by atoms with Crippen LogP contribution in [-0.2, 0) is 15.9 Å². The molecule has 5 heteroatoms. The molecule has 0 unspecified atom stereocenters. The van der Waals surface area contributed by atoms with Gasteiger partial charge in [-0.25, -0.2) is 8.42 Å². The molecule has 1 fully saturated rings. The number of rotatable bonds is 5. The molecule has 112 valence electrons. The fourth-order valence-electron chi connectivity index (χ4n) is 2.78. The molecule has 0 amide bonds. The van der Waals surface area contributed by atoms with Gasteiger partial charge in [0.05, 0.1) is 4.90 Å². The fraction of sp³-hybridized carbons (Fsp3) is 0.600. The number of nitrogens with zero attached hydrogens (tertiary/aromatic N) is 1. The molecule has 1 heterocycles. The quantitative estimate of drug-likeness (QED) is 0.778. The molecule has 1 saturated heterocycles. The smallest absolute Gasteiger partial charge is 0.207 e. The summed E-state index contributed by atoms with van der Waals surface area (Å²) in [6, 6.07) is 6.94. The lowest BCUT2D eigenvalue weighted by Crippen LogP contribution is -2.38. The van der Waals surface area contributed by atoms with Gasteiger partial charge >= 0.3 is 0 Å². The van der Waals surface area contributed by atoms with Gasteiger partial charge in [0, 0.05) is 19.0 Å². The lowest BCUT2D eigenvalue weighted by atomic mass is 9.94. The molecule has 20 heavy (non-hydrogen) atoms. The molecule has 0 aliphatic carbocycles. The van der Waals surface area contributed by atoms with Gasteiger partial charge in [-0.05, 0) is 36.5 Å². The first-order valence-electron chi connectivity index (χ1n) is 7.23. The molecule has 0 saturated carbocycles. The summed E-state index contributed by atoms with van der Waals surface area (Å²) in [6.07, 6.45) is 4.33. The highest BCUT2D eigenvalue weighted by Gasteiger charge is 2.29. The summed E-state index contributed by atoms with van der Waals surface area (Å²) in [5.41, 5.74) is 0.841. The molecule has 0 N–H and O–H groups in total. The van der Waals surface area contributed by atoms with Gasteiger partial charge in [0.15, 0.2) is 0 Å². The van der Waals surface area contributed by atoms with Crippen LogP contribution < -0.4 is 0 Å². The summed E-state index contributed by atoms with van der Waals surface area (Å²) in [5.74, 6) is 1.02. The number of piperidine rings is 1. The minimum atomic E-state index is -3.36. The van der Waals surface area contributed by atoms with Gasteiger partial charge in [-0.3, -0.25) is 0 Å². The minimum Gasteiger partial charge on any atom is -0.207 e. The SMILES string of the molecule is CCCC1CCN(S(=O)(=O)c2cccc(CCl)c2)CC1. The van der Waals surface area contributed by atoms with Crippen LogP contribution in [0.4, 0.5) is 0 Å². The third-order valence-corrected chi connectivity index (χ3v) is 6.16. The fourth-order valence-corrected chi connectivity index (χ4v) is 4.49. The largest absolute Gasteiger partial charge is 0.243 e. The lowest BCUT2D eigenvalue weighted by molar-refractivity contribution is 0.262. The Morgan fingerprint density at radius 3 is 2.60 bits per heavy atom. The van der Waals surface area contributed by atoms with E-state index < -0.39 is 10.0 Å². The highest BCUT2D eigenvalue weighted by Crippen LogP contribution is 2.26. The second-order valence-electron chi connectivity index (χ2n) is 5.42. The maximum Gasteiger partial charge on any atom is 0.243 e. The standard InChI is InChI=1S/C15H22ClNO2S/c1-2-4-13-7-9-17(10-8-13)20(18,19)15-6-3-5-14(11-15)12-16/h3,5-6,11,13H,2,4,7-10,12H2,1H3. The number of hydrogen-bond donors (Lipinski definition) is 0. The highest BCUT2D eigenvalue weighted by molar-refractivity contribution is 7.89. The van der Waals surface area contributed by atoms with Crippen LogP contribution in [0, 0.1) is 5.92 Å². The summed E-state index contributed by atoms with van der Waals surface area (Å²) in [7, 11) is -3.36. The van der Waals surface area contributed by atoms with E-state index in [1.807, 2.05) is 6.07 Å². The normalized spacial score (nSPS) is 18.3. The summed E-state index contributed by atoms with van der Waals surface area (Å²) in [5, 5.41) is 0. The Kier molecular flexibility index (Phi) is 5.47. The number of benzene rings is 1. The molecule has 0 bridgehead atoms. The first-order chi connectivity index (χ1) is 9.57.